The number of allylic oxidation sites excluding steroid dienone is 4. The fourth-order valence-electron chi connectivity index (χ4n) is 7.60. The number of rotatable bonds is 3. The number of aromatic nitrogens is 2. The molecule has 0 saturated carbocycles. The van der Waals surface area contributed by atoms with Crippen molar-refractivity contribution in [3.05, 3.63) is 156 Å². The van der Waals surface area contributed by atoms with Gasteiger partial charge in [0.15, 0.2) is 0 Å². The lowest BCUT2D eigenvalue weighted by molar-refractivity contribution is 0.659. The van der Waals surface area contributed by atoms with Crippen molar-refractivity contribution in [2.75, 3.05) is 0 Å². The number of benzene rings is 6. The van der Waals surface area contributed by atoms with E-state index in [4.69, 9.17) is 4.42 Å². The van der Waals surface area contributed by atoms with Gasteiger partial charge in [0, 0.05) is 39.0 Å². The highest BCUT2D eigenvalue weighted by atomic mass is 16.3. The van der Waals surface area contributed by atoms with E-state index in [1.165, 1.54) is 49.4 Å². The first kappa shape index (κ1) is 26.1. The van der Waals surface area contributed by atoms with Crippen LogP contribution in [0.25, 0.3) is 88.1 Å². The molecule has 0 spiro atoms. The SMILES string of the molecule is O=c1c2ccccc2oc2cc(-n3c4ccccc4c4cc(-c5ccc6c(c5)c5ccccc5n6C5=CC=CCC5)ccc43)ccc12. The smallest absolute Gasteiger partial charge is 0.200 e. The van der Waals surface area contributed by atoms with Gasteiger partial charge in [0.05, 0.1) is 32.8 Å². The Hall–Kier alpha value is -6.13. The molecule has 1 aliphatic carbocycles. The molecule has 0 fully saturated rings. The first-order chi connectivity index (χ1) is 23.2. The molecule has 6 aromatic carbocycles. The molecule has 4 heteroatoms. The minimum atomic E-state index is -0.00680. The van der Waals surface area contributed by atoms with Gasteiger partial charge in [-0.2, -0.15) is 0 Å². The van der Waals surface area contributed by atoms with E-state index in [1.54, 1.807) is 0 Å². The van der Waals surface area contributed by atoms with E-state index in [0.29, 0.717) is 21.9 Å². The van der Waals surface area contributed by atoms with Crippen LogP contribution in [0, 0.1) is 0 Å². The molecule has 0 amide bonds. The Morgan fingerprint density at radius 2 is 1.11 bits per heavy atom. The molecule has 9 aromatic rings. The second kappa shape index (κ2) is 9.93. The summed E-state index contributed by atoms with van der Waals surface area (Å²) in [5.74, 6) is 0. The molecule has 10 rings (SSSR count). The number of nitrogens with zero attached hydrogens (tertiary/aromatic N) is 2. The van der Waals surface area contributed by atoms with Crippen LogP contribution in [0.3, 0.4) is 0 Å². The summed E-state index contributed by atoms with van der Waals surface area (Å²) < 4.78 is 11.0. The van der Waals surface area contributed by atoms with Crippen molar-refractivity contribution >= 4 is 71.2 Å². The summed E-state index contributed by atoms with van der Waals surface area (Å²) in [6.45, 7) is 0. The van der Waals surface area contributed by atoms with Crippen LogP contribution in [0.5, 0.6) is 0 Å². The largest absolute Gasteiger partial charge is 0.456 e. The van der Waals surface area contributed by atoms with E-state index in [1.807, 2.05) is 42.5 Å². The van der Waals surface area contributed by atoms with Crippen molar-refractivity contribution < 1.29 is 4.42 Å². The van der Waals surface area contributed by atoms with Crippen molar-refractivity contribution in [1.82, 2.24) is 9.13 Å². The van der Waals surface area contributed by atoms with Gasteiger partial charge < -0.3 is 13.6 Å². The summed E-state index contributed by atoms with van der Waals surface area (Å²) in [6, 6.07) is 44.3. The van der Waals surface area contributed by atoms with E-state index in [0.717, 1.165) is 29.6 Å². The van der Waals surface area contributed by atoms with Crippen molar-refractivity contribution in [1.29, 1.82) is 0 Å². The van der Waals surface area contributed by atoms with Crippen LogP contribution in [-0.4, -0.2) is 9.13 Å². The Labute approximate surface area is 269 Å². The van der Waals surface area contributed by atoms with Crippen LogP contribution in [0.4, 0.5) is 0 Å². The molecular formula is C43H28N2O2. The van der Waals surface area contributed by atoms with Crippen molar-refractivity contribution in [3.63, 3.8) is 0 Å². The normalized spacial score (nSPS) is 13.5. The molecule has 0 aliphatic heterocycles. The standard InChI is InChI=1S/C43H28N2O2/c46-43-33-14-6-9-17-41(33)47-42-26-30(20-21-34(42)43)45-38-16-8-5-13-32(38)36-25-28(19-23-40(36)45)27-18-22-39-35(24-27)31-12-4-7-15-37(31)44(39)29-10-2-1-3-11-29/h1-2,4-10,12-26H,3,11H2. The highest BCUT2D eigenvalue weighted by Gasteiger charge is 2.18. The summed E-state index contributed by atoms with van der Waals surface area (Å²) in [4.78, 5) is 13.2. The molecule has 0 bridgehead atoms. The lowest BCUT2D eigenvalue weighted by atomic mass is 10.0. The highest BCUT2D eigenvalue weighted by molar-refractivity contribution is 6.13. The Balaban J connectivity index is 1.16. The molecule has 222 valence electrons. The van der Waals surface area contributed by atoms with Crippen LogP contribution in [0.2, 0.25) is 0 Å². The third-order valence-electron chi connectivity index (χ3n) is 9.78. The summed E-state index contributed by atoms with van der Waals surface area (Å²) in [5.41, 5.74) is 10.5. The lowest BCUT2D eigenvalue weighted by Gasteiger charge is -2.14. The first-order valence-electron chi connectivity index (χ1n) is 16.1. The second-order valence-corrected chi connectivity index (χ2v) is 12.4. The van der Waals surface area contributed by atoms with Gasteiger partial charge in [-0.05, 0) is 90.7 Å². The van der Waals surface area contributed by atoms with Crippen molar-refractivity contribution in [2.24, 2.45) is 0 Å². The maximum absolute atomic E-state index is 13.2. The summed E-state index contributed by atoms with van der Waals surface area (Å²) >= 11 is 0. The van der Waals surface area contributed by atoms with Gasteiger partial charge in [-0.3, -0.25) is 4.79 Å². The van der Waals surface area contributed by atoms with Crippen molar-refractivity contribution in [2.45, 2.75) is 12.8 Å². The predicted octanol–water partition coefficient (Wildman–Crippen LogP) is 11.0. The number of para-hydroxylation sites is 3. The minimum absolute atomic E-state index is 0.00680. The lowest BCUT2D eigenvalue weighted by Crippen LogP contribution is -2.03. The second-order valence-electron chi connectivity index (χ2n) is 12.4. The Morgan fingerprint density at radius 1 is 0.511 bits per heavy atom. The van der Waals surface area contributed by atoms with E-state index in [-0.39, 0.29) is 5.43 Å². The molecule has 3 aromatic heterocycles. The van der Waals surface area contributed by atoms with Crippen LogP contribution in [0.1, 0.15) is 12.8 Å². The first-order valence-corrected chi connectivity index (χ1v) is 16.1. The fourth-order valence-corrected chi connectivity index (χ4v) is 7.60. The number of fused-ring (bicyclic) bond motifs is 8. The summed E-state index contributed by atoms with van der Waals surface area (Å²) in [6.07, 6.45) is 8.76. The van der Waals surface area contributed by atoms with E-state index >= 15 is 0 Å². The van der Waals surface area contributed by atoms with Gasteiger partial charge in [-0.25, -0.2) is 0 Å². The van der Waals surface area contributed by atoms with Gasteiger partial charge in [0.1, 0.15) is 11.2 Å². The van der Waals surface area contributed by atoms with Gasteiger partial charge in [0.25, 0.3) is 0 Å². The molecular weight excluding hydrogens is 576 g/mol. The maximum atomic E-state index is 13.2. The predicted molar refractivity (Wildman–Crippen MR) is 195 cm³/mol. The van der Waals surface area contributed by atoms with Crippen LogP contribution in [-0.2, 0) is 0 Å². The number of hydrogen-bond acceptors (Lipinski definition) is 2. The molecule has 0 saturated heterocycles. The van der Waals surface area contributed by atoms with Gasteiger partial charge in [-0.1, -0.05) is 72.8 Å². The third-order valence-corrected chi connectivity index (χ3v) is 9.78. The summed E-state index contributed by atoms with van der Waals surface area (Å²) in [5, 5.41) is 6.08. The van der Waals surface area contributed by atoms with Crippen molar-refractivity contribution in [3.8, 4) is 16.8 Å². The molecule has 3 heterocycles. The molecule has 1 aliphatic rings. The monoisotopic (exact) mass is 604 g/mol. The molecule has 0 atom stereocenters. The average molecular weight is 605 g/mol. The average Bonchev–Trinajstić information content (AvgIpc) is 3.64. The Kier molecular flexibility index (Phi) is 5.52. The molecule has 0 radical (unpaired) electrons. The van der Waals surface area contributed by atoms with Gasteiger partial charge >= 0.3 is 0 Å². The minimum Gasteiger partial charge on any atom is -0.456 e. The zero-order chi connectivity index (χ0) is 31.1. The maximum Gasteiger partial charge on any atom is 0.200 e. The van der Waals surface area contributed by atoms with Gasteiger partial charge in [0.2, 0.25) is 5.43 Å². The van der Waals surface area contributed by atoms with E-state index in [2.05, 4.69) is 112 Å². The Bertz CT molecular complexity index is 2880. The summed E-state index contributed by atoms with van der Waals surface area (Å²) in [7, 11) is 0. The quantitative estimate of drug-likeness (QED) is 0.188. The van der Waals surface area contributed by atoms with E-state index in [9.17, 15) is 4.79 Å². The molecule has 0 unspecified atom stereocenters. The number of hydrogen-bond donors (Lipinski definition) is 0. The molecule has 0 N–H and O–H groups in total. The Morgan fingerprint density at radius 3 is 1.81 bits per heavy atom. The van der Waals surface area contributed by atoms with Crippen LogP contribution < -0.4 is 5.43 Å². The zero-order valence-electron chi connectivity index (χ0n) is 25.5. The topological polar surface area (TPSA) is 40.1 Å². The van der Waals surface area contributed by atoms with E-state index < -0.39 is 0 Å². The highest BCUT2D eigenvalue weighted by Crippen LogP contribution is 2.39. The zero-order valence-corrected chi connectivity index (χ0v) is 25.5. The van der Waals surface area contributed by atoms with Gasteiger partial charge in [-0.15, -0.1) is 0 Å². The molecule has 4 nitrogen and oxygen atoms in total. The fraction of sp³-hybridized carbons (Fsp3) is 0.0465. The van der Waals surface area contributed by atoms with Crippen LogP contribution >= 0.6 is 0 Å². The van der Waals surface area contributed by atoms with Crippen LogP contribution in [0.15, 0.2) is 155 Å². The third kappa shape index (κ3) is 3.85. The molecule has 47 heavy (non-hydrogen) atoms.